The van der Waals surface area contributed by atoms with Gasteiger partial charge in [-0.25, -0.2) is 9.82 Å². The smallest absolute Gasteiger partial charge is 0.244 e. The highest BCUT2D eigenvalue weighted by Gasteiger charge is 2.39. The van der Waals surface area contributed by atoms with Crippen molar-refractivity contribution in [1.82, 2.24) is 10.9 Å². The van der Waals surface area contributed by atoms with Gasteiger partial charge in [0.2, 0.25) is 5.91 Å². The Kier molecular flexibility index (Phi) is 6.40. The topological polar surface area (TPSA) is 65.6 Å². The molecule has 0 bridgehead atoms. The zero-order valence-electron chi connectivity index (χ0n) is 16.1. The molecule has 2 aliphatic rings. The Labute approximate surface area is 168 Å². The molecule has 0 aromatic heterocycles. The Morgan fingerprint density at radius 3 is 2.52 bits per heavy atom. The van der Waals surface area contributed by atoms with Gasteiger partial charge in [-0.2, -0.15) is 0 Å². The number of rotatable bonds is 4. The van der Waals surface area contributed by atoms with Gasteiger partial charge in [-0.3, -0.25) is 10.2 Å². The lowest BCUT2D eigenvalue weighted by molar-refractivity contribution is -0.117. The first kappa shape index (κ1) is 20.5. The molecule has 2 fully saturated rings. The zero-order valence-corrected chi connectivity index (χ0v) is 17.7. The number of nitrogens with zero attached hydrogens (tertiary/aromatic N) is 1. The molecule has 0 spiro atoms. The largest absolute Gasteiger partial charge is 0.372 e. The van der Waals surface area contributed by atoms with Crippen LogP contribution in [0.2, 0.25) is 0 Å². The van der Waals surface area contributed by atoms with E-state index in [-0.39, 0.29) is 34.8 Å². The number of morpholine rings is 1. The van der Waals surface area contributed by atoms with E-state index < -0.39 is 6.04 Å². The molecule has 2 saturated heterocycles. The lowest BCUT2D eigenvalue weighted by Crippen LogP contribution is -2.45. The first-order chi connectivity index (χ1) is 12.8. The summed E-state index contributed by atoms with van der Waals surface area (Å²) in [5.74, 6) is -0.176. The van der Waals surface area contributed by atoms with E-state index in [1.165, 1.54) is 6.07 Å². The van der Waals surface area contributed by atoms with Gasteiger partial charge in [-0.1, -0.05) is 29.8 Å². The van der Waals surface area contributed by atoms with Gasteiger partial charge < -0.3 is 15.0 Å². The average Bonchev–Trinajstić information content (AvgIpc) is 2.96. The molecule has 2 aliphatic heterocycles. The second-order valence-electron chi connectivity index (χ2n) is 7.80. The van der Waals surface area contributed by atoms with Crippen LogP contribution >= 0.6 is 15.9 Å². The molecule has 5 unspecified atom stereocenters. The number of carbonyl (C=O) groups excluding carboxylic acids is 1. The molecule has 0 saturated carbocycles. The van der Waals surface area contributed by atoms with Gasteiger partial charge in [0.05, 0.1) is 22.7 Å². The second-order valence-corrected chi connectivity index (χ2v) is 8.86. The fraction of sp³-hybridized carbons (Fsp3) is 0.632. The van der Waals surface area contributed by atoms with Crippen molar-refractivity contribution in [3.63, 3.8) is 0 Å². The highest BCUT2D eigenvalue weighted by Crippen LogP contribution is 2.27. The highest BCUT2D eigenvalue weighted by atomic mass is 79.9. The maximum Gasteiger partial charge on any atom is 0.244 e. The zero-order chi connectivity index (χ0) is 19.7. The normalized spacial score (nSPS) is 31.4. The third-order valence-corrected chi connectivity index (χ3v) is 6.14. The van der Waals surface area contributed by atoms with Crippen molar-refractivity contribution >= 4 is 33.2 Å². The summed E-state index contributed by atoms with van der Waals surface area (Å²) in [7, 11) is 0. The van der Waals surface area contributed by atoms with Gasteiger partial charge in [-0.15, -0.1) is 0 Å². The number of amides is 1. The molecule has 27 heavy (non-hydrogen) atoms. The molecule has 0 aliphatic carbocycles. The quantitative estimate of drug-likeness (QED) is 0.625. The van der Waals surface area contributed by atoms with E-state index in [1.807, 2.05) is 18.7 Å². The number of benzene rings is 1. The molecule has 5 atom stereocenters. The Bertz CT molecular complexity index is 680. The number of hydrogen-bond donors (Lipinski definition) is 3. The molecule has 2 heterocycles. The lowest BCUT2D eigenvalue weighted by Gasteiger charge is -2.37. The minimum absolute atomic E-state index is 0.0436. The van der Waals surface area contributed by atoms with Gasteiger partial charge >= 0.3 is 0 Å². The number of halogens is 2. The van der Waals surface area contributed by atoms with Crippen molar-refractivity contribution in [2.24, 2.45) is 5.92 Å². The Morgan fingerprint density at radius 1 is 1.30 bits per heavy atom. The maximum atomic E-state index is 14.7. The molecular weight excluding hydrogens is 415 g/mol. The second kappa shape index (κ2) is 8.43. The Hall–Kier alpha value is -1.22. The molecule has 3 N–H and O–H groups in total. The van der Waals surface area contributed by atoms with E-state index in [0.29, 0.717) is 30.4 Å². The van der Waals surface area contributed by atoms with Crippen LogP contribution in [0.25, 0.3) is 0 Å². The van der Waals surface area contributed by atoms with Crippen molar-refractivity contribution < 1.29 is 13.9 Å². The van der Waals surface area contributed by atoms with E-state index >= 15 is 0 Å². The molecule has 1 amide bonds. The SMILES string of the molecule is CC1CN(c2ccc(NC(=O)C3NNC(C(C)C)C3Br)cc2F)CC(C)O1. The van der Waals surface area contributed by atoms with E-state index in [1.54, 1.807) is 12.1 Å². The fourth-order valence-electron chi connectivity index (χ4n) is 3.73. The third-order valence-electron chi connectivity index (χ3n) is 5.04. The third kappa shape index (κ3) is 4.62. The summed E-state index contributed by atoms with van der Waals surface area (Å²) >= 11 is 3.60. The van der Waals surface area contributed by atoms with Crippen LogP contribution < -0.4 is 21.1 Å². The van der Waals surface area contributed by atoms with Crippen LogP contribution in [0.15, 0.2) is 18.2 Å². The molecule has 0 radical (unpaired) electrons. The monoisotopic (exact) mass is 442 g/mol. The molecule has 6 nitrogen and oxygen atoms in total. The van der Waals surface area contributed by atoms with Gasteiger partial charge in [-0.05, 0) is 38.0 Å². The summed E-state index contributed by atoms with van der Waals surface area (Å²) in [5.41, 5.74) is 7.15. The summed E-state index contributed by atoms with van der Waals surface area (Å²) in [6.07, 6.45) is 0.108. The molecular formula is C19H28BrFN4O2. The first-order valence-electron chi connectivity index (χ1n) is 9.42. The Balaban J connectivity index is 1.66. The number of hydrogen-bond acceptors (Lipinski definition) is 5. The molecule has 1 aromatic carbocycles. The maximum absolute atomic E-state index is 14.7. The molecule has 1 aromatic rings. The van der Waals surface area contributed by atoms with Crippen molar-refractivity contribution in [3.05, 3.63) is 24.0 Å². The summed E-state index contributed by atoms with van der Waals surface area (Å²) in [6.45, 7) is 9.45. The number of alkyl halides is 1. The summed E-state index contributed by atoms with van der Waals surface area (Å²) in [4.78, 5) is 14.5. The summed E-state index contributed by atoms with van der Waals surface area (Å²) in [6, 6.07) is 4.56. The van der Waals surface area contributed by atoms with E-state index in [0.717, 1.165) is 0 Å². The molecule has 150 valence electrons. The number of carbonyl (C=O) groups is 1. The van der Waals surface area contributed by atoms with Gasteiger partial charge in [0.25, 0.3) is 0 Å². The van der Waals surface area contributed by atoms with Crippen LogP contribution in [-0.4, -0.2) is 48.1 Å². The van der Waals surface area contributed by atoms with Gasteiger partial charge in [0.15, 0.2) is 0 Å². The van der Waals surface area contributed by atoms with Crippen molar-refractivity contribution in [2.45, 2.75) is 56.8 Å². The summed E-state index contributed by atoms with van der Waals surface area (Å²) in [5, 5.41) is 2.81. The van der Waals surface area contributed by atoms with Crippen LogP contribution in [0, 0.1) is 11.7 Å². The highest BCUT2D eigenvalue weighted by molar-refractivity contribution is 9.09. The van der Waals surface area contributed by atoms with Crippen molar-refractivity contribution in [1.29, 1.82) is 0 Å². The van der Waals surface area contributed by atoms with E-state index in [2.05, 4.69) is 45.9 Å². The van der Waals surface area contributed by atoms with Crippen molar-refractivity contribution in [2.75, 3.05) is 23.3 Å². The van der Waals surface area contributed by atoms with Gasteiger partial charge in [0, 0.05) is 24.8 Å². The van der Waals surface area contributed by atoms with Crippen LogP contribution in [0.5, 0.6) is 0 Å². The fourth-order valence-corrected chi connectivity index (χ4v) is 4.85. The molecule has 3 rings (SSSR count). The number of nitrogens with one attached hydrogen (secondary N) is 3. The van der Waals surface area contributed by atoms with E-state index in [4.69, 9.17) is 4.74 Å². The van der Waals surface area contributed by atoms with Crippen LogP contribution in [-0.2, 0) is 9.53 Å². The number of anilines is 2. The molecule has 8 heteroatoms. The Morgan fingerprint density at radius 2 is 1.96 bits per heavy atom. The average molecular weight is 443 g/mol. The van der Waals surface area contributed by atoms with Crippen LogP contribution in [0.4, 0.5) is 15.8 Å². The van der Waals surface area contributed by atoms with Crippen molar-refractivity contribution in [3.8, 4) is 0 Å². The minimum Gasteiger partial charge on any atom is -0.372 e. The number of hydrazine groups is 1. The lowest BCUT2D eigenvalue weighted by atomic mass is 9.99. The minimum atomic E-state index is -0.430. The predicted molar refractivity (Wildman–Crippen MR) is 109 cm³/mol. The first-order valence-corrected chi connectivity index (χ1v) is 10.3. The standard InChI is InChI=1S/C19H28BrFN4O2/c1-10(2)17-16(20)18(24-23-17)19(26)22-13-5-6-15(14(21)7-13)25-8-11(3)27-12(4)9-25/h5-7,10-12,16-18,23-24H,8-9H2,1-4H3,(H,22,26). The van der Waals surface area contributed by atoms with Crippen LogP contribution in [0.1, 0.15) is 27.7 Å². The summed E-state index contributed by atoms with van der Waals surface area (Å²) < 4.78 is 20.4. The number of ether oxygens (including phenoxy) is 1. The van der Waals surface area contributed by atoms with Crippen LogP contribution in [0.3, 0.4) is 0 Å². The predicted octanol–water partition coefficient (Wildman–Crippen LogP) is 2.64. The van der Waals surface area contributed by atoms with E-state index in [9.17, 15) is 9.18 Å². The van der Waals surface area contributed by atoms with Gasteiger partial charge in [0.1, 0.15) is 11.9 Å².